The van der Waals surface area contributed by atoms with Gasteiger partial charge in [0.25, 0.3) is 0 Å². The van der Waals surface area contributed by atoms with E-state index in [9.17, 15) is 9.59 Å². The third-order valence-electron chi connectivity index (χ3n) is 4.14. The number of amides is 3. The van der Waals surface area contributed by atoms with E-state index in [2.05, 4.69) is 27.4 Å². The van der Waals surface area contributed by atoms with Crippen molar-refractivity contribution in [1.29, 1.82) is 0 Å². The van der Waals surface area contributed by atoms with E-state index < -0.39 is 11.3 Å². The molecule has 2 N–H and O–H groups in total. The quantitative estimate of drug-likeness (QED) is 0.607. The van der Waals surface area contributed by atoms with E-state index in [4.69, 9.17) is 0 Å². The van der Waals surface area contributed by atoms with Gasteiger partial charge in [0.05, 0.1) is 5.25 Å². The topological polar surface area (TPSA) is 88.9 Å². The fourth-order valence-corrected chi connectivity index (χ4v) is 3.70. The number of allylic oxidation sites excluding steroid dienone is 1. The minimum Gasteiger partial charge on any atom is -0.341 e. The van der Waals surface area contributed by atoms with Crippen LogP contribution in [-0.4, -0.2) is 39.0 Å². The molecule has 8 heteroatoms. The summed E-state index contributed by atoms with van der Waals surface area (Å²) in [5.41, 5.74) is 0. The van der Waals surface area contributed by atoms with Crippen molar-refractivity contribution in [1.82, 2.24) is 25.4 Å². The number of hydrogen-bond acceptors (Lipinski definition) is 5. The van der Waals surface area contributed by atoms with Crippen molar-refractivity contribution in [3.63, 3.8) is 0 Å². The molecule has 1 heterocycles. The van der Waals surface area contributed by atoms with Crippen LogP contribution in [0.15, 0.2) is 17.8 Å². The molecular formula is C16H25N5O2S. The molecule has 3 amide bonds. The number of aromatic nitrogens is 3. The number of thioether (sulfide) groups is 1. The predicted octanol–water partition coefficient (Wildman–Crippen LogP) is 2.45. The summed E-state index contributed by atoms with van der Waals surface area (Å²) in [5.74, 6) is 1.05. The van der Waals surface area contributed by atoms with Gasteiger partial charge in [-0.05, 0) is 19.8 Å². The summed E-state index contributed by atoms with van der Waals surface area (Å²) < 4.78 is 2.04. The summed E-state index contributed by atoms with van der Waals surface area (Å²) in [6, 6.07) is -0.511. The minimum atomic E-state index is -0.511. The number of carbonyl (C=O) groups is 2. The molecule has 0 spiro atoms. The van der Waals surface area contributed by atoms with Crippen LogP contribution in [0.25, 0.3) is 0 Å². The van der Waals surface area contributed by atoms with E-state index in [1.165, 1.54) is 38.1 Å². The summed E-state index contributed by atoms with van der Waals surface area (Å²) in [6.45, 7) is 6.17. The minimum absolute atomic E-state index is 0.355. The molecule has 1 aromatic rings. The number of nitrogens with zero attached hydrogens (tertiary/aromatic N) is 3. The molecule has 2 rings (SSSR count). The fourth-order valence-electron chi connectivity index (χ4n) is 2.84. The SMILES string of the molecule is C=CCn1c(S[C@@H](C)C(=O)NC(=O)NC)nnc1C1CCCCC1. The van der Waals surface area contributed by atoms with Gasteiger partial charge in [0.1, 0.15) is 5.82 Å². The largest absolute Gasteiger partial charge is 0.341 e. The molecule has 0 unspecified atom stereocenters. The van der Waals surface area contributed by atoms with Gasteiger partial charge in [-0.3, -0.25) is 10.1 Å². The van der Waals surface area contributed by atoms with Crippen LogP contribution in [-0.2, 0) is 11.3 Å². The zero-order chi connectivity index (χ0) is 17.5. The van der Waals surface area contributed by atoms with Crippen LogP contribution in [0.1, 0.15) is 50.8 Å². The standard InChI is InChI=1S/C16H25N5O2S/c1-4-10-21-13(12-8-6-5-7-9-12)19-20-16(21)24-11(2)14(22)18-15(23)17-3/h4,11-12H,1,5-10H2,2-3H3,(H2,17,18,22,23)/t11-/m0/s1. The van der Waals surface area contributed by atoms with Crippen molar-refractivity contribution < 1.29 is 9.59 Å². The summed E-state index contributed by atoms with van der Waals surface area (Å²) in [5, 5.41) is 13.6. The van der Waals surface area contributed by atoms with E-state index in [0.29, 0.717) is 17.6 Å². The van der Waals surface area contributed by atoms with Gasteiger partial charge in [-0.2, -0.15) is 0 Å². The van der Waals surface area contributed by atoms with Crippen LogP contribution in [0, 0.1) is 0 Å². The van der Waals surface area contributed by atoms with E-state index in [-0.39, 0.29) is 5.91 Å². The fraction of sp³-hybridized carbons (Fsp3) is 0.625. The Morgan fingerprint density at radius 2 is 2.08 bits per heavy atom. The Hall–Kier alpha value is -1.83. The first-order chi connectivity index (χ1) is 11.6. The second-order valence-electron chi connectivity index (χ2n) is 5.90. The van der Waals surface area contributed by atoms with Crippen LogP contribution in [0.4, 0.5) is 4.79 Å². The summed E-state index contributed by atoms with van der Waals surface area (Å²) >= 11 is 1.31. The summed E-state index contributed by atoms with van der Waals surface area (Å²) in [4.78, 5) is 23.3. The van der Waals surface area contributed by atoms with Crippen LogP contribution in [0.5, 0.6) is 0 Å². The smallest absolute Gasteiger partial charge is 0.321 e. The van der Waals surface area contributed by atoms with Crippen molar-refractivity contribution >= 4 is 23.7 Å². The molecule has 1 aliphatic rings. The lowest BCUT2D eigenvalue weighted by atomic mass is 9.89. The first-order valence-corrected chi connectivity index (χ1v) is 9.18. The highest BCUT2D eigenvalue weighted by atomic mass is 32.2. The molecule has 1 fully saturated rings. The van der Waals surface area contributed by atoms with Crippen LogP contribution >= 0.6 is 11.8 Å². The molecule has 7 nitrogen and oxygen atoms in total. The number of imide groups is 1. The van der Waals surface area contributed by atoms with Gasteiger partial charge in [0.15, 0.2) is 5.16 Å². The molecule has 1 aliphatic carbocycles. The molecule has 0 aromatic carbocycles. The first-order valence-electron chi connectivity index (χ1n) is 8.30. The maximum absolute atomic E-state index is 12.0. The maximum Gasteiger partial charge on any atom is 0.321 e. The highest BCUT2D eigenvalue weighted by Crippen LogP contribution is 2.33. The zero-order valence-electron chi connectivity index (χ0n) is 14.2. The summed E-state index contributed by atoms with van der Waals surface area (Å²) in [6.07, 6.45) is 7.80. The second kappa shape index (κ2) is 8.86. The molecular weight excluding hydrogens is 326 g/mol. The van der Waals surface area contributed by atoms with Crippen LogP contribution in [0.3, 0.4) is 0 Å². The lowest BCUT2D eigenvalue weighted by Crippen LogP contribution is -2.41. The van der Waals surface area contributed by atoms with Gasteiger partial charge in [-0.1, -0.05) is 37.1 Å². The third-order valence-corrected chi connectivity index (χ3v) is 5.22. The van der Waals surface area contributed by atoms with E-state index in [0.717, 1.165) is 18.7 Å². The van der Waals surface area contributed by atoms with Gasteiger partial charge in [-0.25, -0.2) is 4.79 Å². The zero-order valence-corrected chi connectivity index (χ0v) is 15.1. The van der Waals surface area contributed by atoms with Gasteiger partial charge in [0.2, 0.25) is 5.91 Å². The third kappa shape index (κ3) is 4.59. The second-order valence-corrected chi connectivity index (χ2v) is 7.21. The number of nitrogens with one attached hydrogen (secondary N) is 2. The molecule has 0 bridgehead atoms. The van der Waals surface area contributed by atoms with Crippen molar-refractivity contribution in [2.45, 2.75) is 61.9 Å². The molecule has 0 aliphatic heterocycles. The van der Waals surface area contributed by atoms with Crippen LogP contribution in [0.2, 0.25) is 0 Å². The number of hydrogen-bond donors (Lipinski definition) is 2. The Kier molecular flexibility index (Phi) is 6.84. The lowest BCUT2D eigenvalue weighted by Gasteiger charge is -2.21. The molecule has 1 atom stereocenters. The van der Waals surface area contributed by atoms with Gasteiger partial charge < -0.3 is 9.88 Å². The van der Waals surface area contributed by atoms with Crippen molar-refractivity contribution in [2.75, 3.05) is 7.05 Å². The Morgan fingerprint density at radius 3 is 2.71 bits per heavy atom. The van der Waals surface area contributed by atoms with Crippen molar-refractivity contribution in [2.24, 2.45) is 0 Å². The Labute approximate surface area is 146 Å². The van der Waals surface area contributed by atoms with Crippen molar-refractivity contribution in [3.8, 4) is 0 Å². The number of urea groups is 1. The molecule has 1 saturated carbocycles. The first kappa shape index (κ1) is 18.5. The van der Waals surface area contributed by atoms with E-state index in [1.807, 2.05) is 10.6 Å². The van der Waals surface area contributed by atoms with Gasteiger partial charge in [-0.15, -0.1) is 16.8 Å². The Morgan fingerprint density at radius 1 is 1.38 bits per heavy atom. The average molecular weight is 351 g/mol. The van der Waals surface area contributed by atoms with E-state index >= 15 is 0 Å². The van der Waals surface area contributed by atoms with Gasteiger partial charge >= 0.3 is 6.03 Å². The highest BCUT2D eigenvalue weighted by Gasteiger charge is 2.25. The molecule has 24 heavy (non-hydrogen) atoms. The van der Waals surface area contributed by atoms with Crippen molar-refractivity contribution in [3.05, 3.63) is 18.5 Å². The molecule has 1 aromatic heterocycles. The van der Waals surface area contributed by atoms with Crippen LogP contribution < -0.4 is 10.6 Å². The predicted molar refractivity (Wildman–Crippen MR) is 94.0 cm³/mol. The van der Waals surface area contributed by atoms with E-state index in [1.54, 1.807) is 6.92 Å². The normalized spacial score (nSPS) is 16.4. The molecule has 0 saturated heterocycles. The Balaban J connectivity index is 2.11. The number of rotatable bonds is 6. The Bertz CT molecular complexity index is 595. The lowest BCUT2D eigenvalue weighted by molar-refractivity contribution is -0.119. The average Bonchev–Trinajstić information content (AvgIpc) is 2.98. The summed E-state index contributed by atoms with van der Waals surface area (Å²) in [7, 11) is 1.47. The molecule has 132 valence electrons. The number of carbonyl (C=O) groups excluding carboxylic acids is 2. The van der Waals surface area contributed by atoms with Gasteiger partial charge in [0, 0.05) is 19.5 Å². The molecule has 0 radical (unpaired) electrons. The highest BCUT2D eigenvalue weighted by molar-refractivity contribution is 8.00. The monoisotopic (exact) mass is 351 g/mol. The maximum atomic E-state index is 12.0.